The number of carbonyl (C=O) groups excluding carboxylic acids is 1. The van der Waals surface area contributed by atoms with Crippen molar-refractivity contribution >= 4 is 29.0 Å². The van der Waals surface area contributed by atoms with Crippen molar-refractivity contribution in [1.82, 2.24) is 3.53 Å². The highest BCUT2D eigenvalue weighted by molar-refractivity contribution is 14.1. The zero-order valence-corrected chi connectivity index (χ0v) is 10.6. The second-order valence-corrected chi connectivity index (χ2v) is 4.65. The maximum Gasteiger partial charge on any atom is 0.415 e. The molecule has 1 amide bonds. The van der Waals surface area contributed by atoms with Gasteiger partial charge in [-0.15, -0.1) is 11.8 Å². The van der Waals surface area contributed by atoms with Gasteiger partial charge in [-0.2, -0.15) is 0 Å². The van der Waals surface area contributed by atoms with Gasteiger partial charge in [0.2, 0.25) is 0 Å². The maximum absolute atomic E-state index is 10.9. The number of nitrogens with one attached hydrogen (secondary N) is 1. The molecule has 15 heavy (non-hydrogen) atoms. The maximum atomic E-state index is 10.9. The van der Waals surface area contributed by atoms with Crippen molar-refractivity contribution in [3.05, 3.63) is 0 Å². The largest absolute Gasteiger partial charge is 0.449 e. The molecule has 3 nitrogen and oxygen atoms in total. The predicted octanol–water partition coefficient (Wildman–Crippen LogP) is 2.50. The van der Waals surface area contributed by atoms with Gasteiger partial charge in [0, 0.05) is 12.8 Å². The predicted molar refractivity (Wildman–Crippen MR) is 65.2 cm³/mol. The van der Waals surface area contributed by atoms with Crippen molar-refractivity contribution in [1.29, 1.82) is 0 Å². The molecule has 2 aliphatic carbocycles. The van der Waals surface area contributed by atoms with Crippen LogP contribution in [0.25, 0.3) is 0 Å². The molecule has 0 aromatic heterocycles. The molecule has 0 spiro atoms. The topological polar surface area (TPSA) is 38.3 Å². The molecule has 4 heteroatoms. The summed E-state index contributed by atoms with van der Waals surface area (Å²) in [4.78, 5) is 10.9. The van der Waals surface area contributed by atoms with E-state index in [0.29, 0.717) is 12.5 Å². The molecule has 0 unspecified atom stereocenters. The molecule has 2 rings (SSSR count). The number of carbonyl (C=O) groups is 1. The summed E-state index contributed by atoms with van der Waals surface area (Å²) in [5.74, 6) is 8.43. The molecule has 3 atom stereocenters. The average molecular weight is 319 g/mol. The summed E-state index contributed by atoms with van der Waals surface area (Å²) in [5, 5.41) is 0. The van der Waals surface area contributed by atoms with Gasteiger partial charge in [0.05, 0.1) is 29.5 Å². The third kappa shape index (κ3) is 2.77. The zero-order chi connectivity index (χ0) is 10.7. The van der Waals surface area contributed by atoms with Crippen LogP contribution in [0.2, 0.25) is 0 Å². The van der Waals surface area contributed by atoms with E-state index >= 15 is 0 Å². The van der Waals surface area contributed by atoms with Crippen molar-refractivity contribution in [3.8, 4) is 11.8 Å². The van der Waals surface area contributed by atoms with Crippen LogP contribution in [-0.2, 0) is 4.74 Å². The summed E-state index contributed by atoms with van der Waals surface area (Å²) in [6, 6.07) is 0. The van der Waals surface area contributed by atoms with Gasteiger partial charge in [-0.1, -0.05) is 0 Å². The Morgan fingerprint density at radius 3 is 2.47 bits per heavy atom. The Bertz CT molecular complexity index is 289. The molecular formula is C11H14INO2. The van der Waals surface area contributed by atoms with E-state index in [1.54, 1.807) is 22.9 Å². The number of hydrogen-bond donors (Lipinski definition) is 1. The fourth-order valence-corrected chi connectivity index (χ4v) is 2.64. The van der Waals surface area contributed by atoms with E-state index in [-0.39, 0.29) is 6.09 Å². The summed E-state index contributed by atoms with van der Waals surface area (Å²) in [5.41, 5.74) is 0. The van der Waals surface area contributed by atoms with Gasteiger partial charge in [0.15, 0.2) is 0 Å². The molecule has 0 radical (unpaired) electrons. The first-order valence-corrected chi connectivity index (χ1v) is 6.40. The number of amides is 1. The van der Waals surface area contributed by atoms with Crippen LogP contribution in [0.3, 0.4) is 0 Å². The van der Waals surface area contributed by atoms with Gasteiger partial charge >= 0.3 is 6.09 Å². The van der Waals surface area contributed by atoms with Gasteiger partial charge < -0.3 is 4.74 Å². The summed E-state index contributed by atoms with van der Waals surface area (Å²) in [6.07, 6.45) is 4.05. The Labute approximate surface area is 104 Å². The smallest absolute Gasteiger partial charge is 0.415 e. The number of halogens is 1. The lowest BCUT2D eigenvalue weighted by Crippen LogP contribution is -2.15. The number of fused-ring (bicyclic) bond motifs is 1. The quantitative estimate of drug-likeness (QED) is 0.482. The van der Waals surface area contributed by atoms with E-state index in [2.05, 4.69) is 15.4 Å². The number of ether oxygens (including phenoxy) is 1. The van der Waals surface area contributed by atoms with Crippen LogP contribution in [-0.4, -0.2) is 12.7 Å². The molecule has 1 fully saturated rings. The van der Waals surface area contributed by atoms with Crippen molar-refractivity contribution in [2.75, 3.05) is 6.61 Å². The molecular weight excluding hydrogens is 305 g/mol. The monoisotopic (exact) mass is 319 g/mol. The van der Waals surface area contributed by atoms with Crippen LogP contribution in [0.1, 0.15) is 25.7 Å². The molecule has 1 N–H and O–H groups in total. The zero-order valence-electron chi connectivity index (χ0n) is 8.46. The first-order valence-electron chi connectivity index (χ1n) is 5.32. The first-order chi connectivity index (χ1) is 7.33. The number of rotatable bonds is 2. The Morgan fingerprint density at radius 2 is 1.93 bits per heavy atom. The third-order valence-corrected chi connectivity index (χ3v) is 3.76. The fraction of sp³-hybridized carbons (Fsp3) is 0.727. The van der Waals surface area contributed by atoms with Crippen molar-refractivity contribution in [3.63, 3.8) is 0 Å². The van der Waals surface area contributed by atoms with Crippen LogP contribution in [0.4, 0.5) is 4.79 Å². The van der Waals surface area contributed by atoms with Crippen molar-refractivity contribution in [2.24, 2.45) is 17.8 Å². The van der Waals surface area contributed by atoms with E-state index < -0.39 is 0 Å². The molecule has 1 saturated carbocycles. The second kappa shape index (κ2) is 5.06. The minimum absolute atomic E-state index is 0.328. The number of hydrogen-bond acceptors (Lipinski definition) is 2. The van der Waals surface area contributed by atoms with Crippen LogP contribution in [0.15, 0.2) is 0 Å². The van der Waals surface area contributed by atoms with Gasteiger partial charge in [-0.25, -0.2) is 4.79 Å². The summed E-state index contributed by atoms with van der Waals surface area (Å²) >= 11 is 1.79. The van der Waals surface area contributed by atoms with E-state index in [9.17, 15) is 4.79 Å². The van der Waals surface area contributed by atoms with Gasteiger partial charge in [0.1, 0.15) is 0 Å². The van der Waals surface area contributed by atoms with Crippen LogP contribution < -0.4 is 3.53 Å². The lowest BCUT2D eigenvalue weighted by atomic mass is 10.1. The van der Waals surface area contributed by atoms with Crippen LogP contribution >= 0.6 is 22.9 Å². The van der Waals surface area contributed by atoms with E-state index in [4.69, 9.17) is 4.74 Å². The minimum atomic E-state index is -0.328. The van der Waals surface area contributed by atoms with Crippen LogP contribution in [0.5, 0.6) is 0 Å². The summed E-state index contributed by atoms with van der Waals surface area (Å²) < 4.78 is 7.53. The van der Waals surface area contributed by atoms with Crippen LogP contribution in [0, 0.1) is 29.6 Å². The van der Waals surface area contributed by atoms with Crippen molar-refractivity contribution in [2.45, 2.75) is 25.7 Å². The molecule has 82 valence electrons. The molecule has 0 aromatic carbocycles. The second-order valence-electron chi connectivity index (χ2n) is 4.12. The minimum Gasteiger partial charge on any atom is -0.449 e. The molecule has 0 saturated heterocycles. The van der Waals surface area contributed by atoms with Gasteiger partial charge in [-0.3, -0.25) is 3.53 Å². The summed E-state index contributed by atoms with van der Waals surface area (Å²) in [6.45, 7) is 0.574. The molecule has 0 aromatic rings. The first kappa shape index (κ1) is 11.1. The van der Waals surface area contributed by atoms with Crippen molar-refractivity contribution < 1.29 is 9.53 Å². The fourth-order valence-electron chi connectivity index (χ4n) is 2.48. The van der Waals surface area contributed by atoms with Gasteiger partial charge in [0.25, 0.3) is 0 Å². The standard InChI is InChI=1S/C11H14INO2/c12-13-11(14)15-7-10-8-5-3-1-2-4-6-9(8)10/h8-10H,3-7H2,(H,13,14)/t8-,9+,10-. The Balaban J connectivity index is 1.75. The Morgan fingerprint density at radius 1 is 1.33 bits per heavy atom. The van der Waals surface area contributed by atoms with E-state index in [0.717, 1.165) is 24.7 Å². The van der Waals surface area contributed by atoms with Gasteiger partial charge in [-0.05, 0) is 30.6 Å². The SMILES string of the molecule is O=C(NI)OC[C@@H]1[C@@H]2CCC#CCC[C@@H]21. The molecule has 2 aliphatic rings. The lowest BCUT2D eigenvalue weighted by Gasteiger charge is -2.01. The normalized spacial score (nSPS) is 32.5. The molecule has 0 aliphatic heterocycles. The summed E-state index contributed by atoms with van der Waals surface area (Å²) in [7, 11) is 0. The molecule has 0 bridgehead atoms. The third-order valence-electron chi connectivity index (χ3n) is 3.32. The highest BCUT2D eigenvalue weighted by Crippen LogP contribution is 2.52. The molecule has 0 heterocycles. The lowest BCUT2D eigenvalue weighted by molar-refractivity contribution is 0.145. The Hall–Kier alpha value is -0.440. The highest BCUT2D eigenvalue weighted by atomic mass is 127. The van der Waals surface area contributed by atoms with E-state index in [1.807, 2.05) is 0 Å². The Kier molecular flexibility index (Phi) is 3.73. The average Bonchev–Trinajstić information content (AvgIpc) is 2.85. The van der Waals surface area contributed by atoms with E-state index in [1.165, 1.54) is 12.8 Å². The highest BCUT2D eigenvalue weighted by Gasteiger charge is 2.49.